The number of imide groups is 1. The molecule has 0 aliphatic carbocycles. The summed E-state index contributed by atoms with van der Waals surface area (Å²) in [4.78, 5) is 24.1. The number of benzene rings is 4. The molecule has 1 N–H and O–H groups in total. The lowest BCUT2D eigenvalue weighted by Crippen LogP contribution is -2.42. The van der Waals surface area contributed by atoms with E-state index in [4.69, 9.17) is 14.2 Å². The fraction of sp³-hybridized carbons (Fsp3) is 0.257. The minimum atomic E-state index is -0.510. The number of ether oxygens (including phenoxy) is 3. The van der Waals surface area contributed by atoms with Crippen molar-refractivity contribution in [2.75, 3.05) is 6.61 Å². The minimum Gasteiger partial charge on any atom is -0.489 e. The third-order valence-corrected chi connectivity index (χ3v) is 8.98. The van der Waals surface area contributed by atoms with Crippen molar-refractivity contribution in [1.29, 1.82) is 0 Å². The second-order valence-corrected chi connectivity index (χ2v) is 12.2. The van der Waals surface area contributed by atoms with E-state index in [0.29, 0.717) is 18.1 Å². The topological polar surface area (TPSA) is 73.9 Å². The molecule has 4 aromatic carbocycles. The van der Waals surface area contributed by atoms with Crippen LogP contribution in [-0.4, -0.2) is 23.4 Å². The Kier molecular flexibility index (Phi) is 7.45. The molecule has 2 amide bonds. The zero-order chi connectivity index (χ0) is 29.4. The van der Waals surface area contributed by atoms with Gasteiger partial charge >= 0.3 is 0 Å². The van der Waals surface area contributed by atoms with E-state index in [1.165, 1.54) is 5.56 Å². The highest BCUT2D eigenvalue weighted by Crippen LogP contribution is 2.44. The predicted octanol–water partition coefficient (Wildman–Crippen LogP) is 7.83. The van der Waals surface area contributed by atoms with Crippen LogP contribution in [-0.2, 0) is 17.8 Å². The minimum absolute atomic E-state index is 0.352. The van der Waals surface area contributed by atoms with Gasteiger partial charge in [0.15, 0.2) is 0 Å². The molecule has 1 saturated heterocycles. The summed E-state index contributed by atoms with van der Waals surface area (Å²) in [6.45, 7) is 9.34. The number of carbonyl (C=O) groups is 2. The maximum atomic E-state index is 12.1. The van der Waals surface area contributed by atoms with E-state index < -0.39 is 5.60 Å². The van der Waals surface area contributed by atoms with Crippen LogP contribution in [0.3, 0.4) is 0 Å². The first-order chi connectivity index (χ1) is 20.2. The fourth-order valence-electron chi connectivity index (χ4n) is 5.67. The molecule has 0 radical (unpaired) electrons. The molecule has 1 fully saturated rings. The molecule has 2 heterocycles. The van der Waals surface area contributed by atoms with Crippen LogP contribution in [0.2, 0.25) is 0 Å². The Labute approximate surface area is 250 Å². The number of hydrogen-bond donors (Lipinski definition) is 1. The van der Waals surface area contributed by atoms with Crippen LogP contribution >= 0.6 is 11.8 Å². The van der Waals surface area contributed by atoms with Crippen molar-refractivity contribution < 1.29 is 23.8 Å². The first-order valence-electron chi connectivity index (χ1n) is 14.1. The summed E-state index contributed by atoms with van der Waals surface area (Å²) in [6.07, 6.45) is 3.43. The maximum absolute atomic E-state index is 12.1. The molecule has 6 nitrogen and oxygen atoms in total. The number of carbonyl (C=O) groups excluding carboxylic acids is 2. The van der Waals surface area contributed by atoms with Gasteiger partial charge < -0.3 is 14.2 Å². The highest BCUT2D eigenvalue weighted by atomic mass is 32.2. The lowest BCUT2D eigenvalue weighted by atomic mass is 9.87. The molecular formula is C35H33NO5S. The van der Waals surface area contributed by atoms with Gasteiger partial charge in [0.2, 0.25) is 0 Å². The van der Waals surface area contributed by atoms with Crippen molar-refractivity contribution in [2.45, 2.75) is 52.7 Å². The third-order valence-electron chi connectivity index (χ3n) is 8.17. The average molecular weight is 580 g/mol. The summed E-state index contributed by atoms with van der Waals surface area (Å²) in [5.41, 5.74) is 6.02. The van der Waals surface area contributed by atoms with Gasteiger partial charge in [-0.05, 0) is 97.6 Å². The van der Waals surface area contributed by atoms with Crippen molar-refractivity contribution in [3.05, 3.63) is 105 Å². The van der Waals surface area contributed by atoms with E-state index in [-0.39, 0.29) is 11.1 Å². The number of hydrogen-bond acceptors (Lipinski definition) is 6. The highest BCUT2D eigenvalue weighted by Gasteiger charge is 2.36. The van der Waals surface area contributed by atoms with Crippen LogP contribution in [0.25, 0.3) is 16.8 Å². The zero-order valence-electron chi connectivity index (χ0n) is 24.2. The quantitative estimate of drug-likeness (QED) is 0.225. The van der Waals surface area contributed by atoms with Gasteiger partial charge in [-0.15, -0.1) is 0 Å². The van der Waals surface area contributed by atoms with Gasteiger partial charge in [0, 0.05) is 10.9 Å². The highest BCUT2D eigenvalue weighted by molar-refractivity contribution is 8.18. The first-order valence-corrected chi connectivity index (χ1v) is 14.9. The number of fused-ring (bicyclic) bond motifs is 2. The fourth-order valence-corrected chi connectivity index (χ4v) is 6.34. The molecule has 0 saturated carbocycles. The van der Waals surface area contributed by atoms with E-state index in [1.807, 2.05) is 54.6 Å². The molecular weight excluding hydrogens is 546 g/mol. The molecule has 2 aliphatic rings. The zero-order valence-corrected chi connectivity index (χ0v) is 25.0. The van der Waals surface area contributed by atoms with Crippen LogP contribution < -0.4 is 19.5 Å². The van der Waals surface area contributed by atoms with Crippen molar-refractivity contribution in [1.82, 2.24) is 5.32 Å². The molecule has 0 bridgehead atoms. The molecule has 42 heavy (non-hydrogen) atoms. The van der Waals surface area contributed by atoms with E-state index in [9.17, 15) is 9.59 Å². The monoisotopic (exact) mass is 579 g/mol. The Balaban J connectivity index is 1.22. The van der Waals surface area contributed by atoms with Crippen LogP contribution in [0.15, 0.2) is 71.6 Å². The van der Waals surface area contributed by atoms with Crippen LogP contribution in [0, 0.1) is 20.8 Å². The smallest absolute Gasteiger partial charge is 0.290 e. The maximum Gasteiger partial charge on any atom is 0.290 e. The molecule has 6 rings (SSSR count). The van der Waals surface area contributed by atoms with Gasteiger partial charge in [0.25, 0.3) is 11.1 Å². The van der Waals surface area contributed by atoms with Crippen molar-refractivity contribution in [3.63, 3.8) is 0 Å². The van der Waals surface area contributed by atoms with E-state index in [1.54, 1.807) is 6.08 Å². The molecule has 1 atom stereocenters. The Morgan fingerprint density at radius 1 is 0.905 bits per heavy atom. The molecule has 214 valence electrons. The summed E-state index contributed by atoms with van der Waals surface area (Å²) in [7, 11) is 0. The van der Waals surface area contributed by atoms with Gasteiger partial charge in [-0.1, -0.05) is 60.7 Å². The summed E-state index contributed by atoms with van der Waals surface area (Å²) in [5, 5.41) is 3.84. The lowest BCUT2D eigenvalue weighted by Gasteiger charge is -2.38. The summed E-state index contributed by atoms with van der Waals surface area (Å²) in [6, 6.07) is 22.0. The number of rotatable bonds is 7. The largest absolute Gasteiger partial charge is 0.489 e. The van der Waals surface area contributed by atoms with E-state index in [0.717, 1.165) is 80.4 Å². The van der Waals surface area contributed by atoms with Crippen LogP contribution in [0.4, 0.5) is 4.79 Å². The molecule has 1 unspecified atom stereocenters. The van der Waals surface area contributed by atoms with Gasteiger partial charge in [-0.25, -0.2) is 0 Å². The Morgan fingerprint density at radius 2 is 1.64 bits per heavy atom. The summed E-state index contributed by atoms with van der Waals surface area (Å²) in [5.74, 6) is 2.26. The SMILES string of the molecule is Cc1c(C)c2c(c(C)c1OCc1ccccc1)CCC(C)(COc1ccc(/C=C3/SC(=O)NC3=O)c3ccccc13)O2. The Morgan fingerprint density at radius 3 is 2.38 bits per heavy atom. The van der Waals surface area contributed by atoms with Crippen LogP contribution in [0.5, 0.6) is 17.2 Å². The number of nitrogens with one attached hydrogen (secondary N) is 1. The Bertz CT molecular complexity index is 1750. The molecule has 7 heteroatoms. The molecule has 4 aromatic rings. The van der Waals surface area contributed by atoms with Crippen molar-refractivity contribution in [2.24, 2.45) is 0 Å². The standard InChI is InChI=1S/C35H33NO5S/c1-21-22(2)32-26(23(3)31(21)39-19-24-10-6-5-7-11-24)16-17-35(4,41-32)20-40-29-15-14-25(27-12-8-9-13-28(27)29)18-30-33(37)36-34(38)42-30/h5-15,18H,16-17,19-20H2,1-4H3,(H,36,37,38)/b30-18+. The van der Waals surface area contributed by atoms with Gasteiger partial charge in [0.1, 0.15) is 36.1 Å². The number of thioether (sulfide) groups is 1. The van der Waals surface area contributed by atoms with Gasteiger partial charge in [0.05, 0.1) is 4.91 Å². The van der Waals surface area contributed by atoms with E-state index >= 15 is 0 Å². The lowest BCUT2D eigenvalue weighted by molar-refractivity contribution is -0.115. The van der Waals surface area contributed by atoms with Crippen LogP contribution in [0.1, 0.15) is 46.7 Å². The summed E-state index contributed by atoms with van der Waals surface area (Å²) < 4.78 is 19.5. The van der Waals surface area contributed by atoms with Gasteiger partial charge in [-0.2, -0.15) is 0 Å². The third kappa shape index (κ3) is 5.37. The molecule has 0 spiro atoms. The van der Waals surface area contributed by atoms with Crippen molar-refractivity contribution in [3.8, 4) is 17.2 Å². The Hall–Kier alpha value is -4.23. The number of amides is 2. The average Bonchev–Trinajstić information content (AvgIpc) is 3.31. The van der Waals surface area contributed by atoms with E-state index in [2.05, 4.69) is 45.1 Å². The molecule has 0 aromatic heterocycles. The second-order valence-electron chi connectivity index (χ2n) is 11.2. The molecule has 2 aliphatic heterocycles. The van der Waals surface area contributed by atoms with Gasteiger partial charge in [-0.3, -0.25) is 14.9 Å². The second kappa shape index (κ2) is 11.2. The summed E-state index contributed by atoms with van der Waals surface area (Å²) >= 11 is 0.915. The van der Waals surface area contributed by atoms with Crippen molar-refractivity contribution >= 4 is 39.8 Å². The predicted molar refractivity (Wildman–Crippen MR) is 167 cm³/mol. The normalized spacial score (nSPS) is 19.0. The first kappa shape index (κ1) is 27.9.